The summed E-state index contributed by atoms with van der Waals surface area (Å²) in [5, 5.41) is 0. The zero-order valence-corrected chi connectivity index (χ0v) is 11.9. The first kappa shape index (κ1) is 15.6. The van der Waals surface area contributed by atoms with Gasteiger partial charge in [0, 0.05) is 13.0 Å². The summed E-state index contributed by atoms with van der Waals surface area (Å²) >= 11 is 0. The van der Waals surface area contributed by atoms with Crippen molar-refractivity contribution in [1.82, 2.24) is 0 Å². The van der Waals surface area contributed by atoms with E-state index in [4.69, 9.17) is 10.5 Å². The van der Waals surface area contributed by atoms with Crippen molar-refractivity contribution in [2.45, 2.75) is 76.7 Å². The molecule has 0 spiro atoms. The van der Waals surface area contributed by atoms with Crippen LogP contribution in [0.2, 0.25) is 0 Å². The first-order chi connectivity index (χ1) is 8.69. The van der Waals surface area contributed by atoms with Gasteiger partial charge in [-0.05, 0) is 12.8 Å². The minimum Gasteiger partial charge on any atom is -0.379 e. The number of nitrogens with two attached hydrogens (primary N) is 1. The Balaban J connectivity index is 1.96. The standard InChI is InChI=1S/C15H29NO2/c1-2-3-4-5-6-7-8-9-10-14(17)15(16)11-12-18-13-15/h2-13,16H2,1H3. The summed E-state index contributed by atoms with van der Waals surface area (Å²) < 4.78 is 5.22. The predicted molar refractivity (Wildman–Crippen MR) is 74.6 cm³/mol. The molecule has 1 rings (SSSR count). The monoisotopic (exact) mass is 255 g/mol. The zero-order chi connectivity index (χ0) is 13.3. The highest BCUT2D eigenvalue weighted by molar-refractivity contribution is 5.88. The Morgan fingerprint density at radius 3 is 2.28 bits per heavy atom. The minimum atomic E-state index is -0.666. The van der Waals surface area contributed by atoms with Crippen molar-refractivity contribution in [2.24, 2.45) is 5.73 Å². The SMILES string of the molecule is CCCCCCCCCCC(=O)C1(N)CCOC1. The van der Waals surface area contributed by atoms with Gasteiger partial charge in [0.25, 0.3) is 0 Å². The quantitative estimate of drug-likeness (QED) is 0.610. The Hall–Kier alpha value is -0.410. The smallest absolute Gasteiger partial charge is 0.155 e. The molecule has 1 fully saturated rings. The maximum absolute atomic E-state index is 11.9. The number of unbranched alkanes of at least 4 members (excludes halogenated alkanes) is 7. The van der Waals surface area contributed by atoms with Gasteiger partial charge in [0.15, 0.2) is 5.78 Å². The lowest BCUT2D eigenvalue weighted by atomic mass is 9.91. The first-order valence-corrected chi connectivity index (χ1v) is 7.59. The molecule has 18 heavy (non-hydrogen) atoms. The third-order valence-corrected chi connectivity index (χ3v) is 3.86. The van der Waals surface area contributed by atoms with Crippen LogP contribution in [0.5, 0.6) is 0 Å². The van der Waals surface area contributed by atoms with Crippen molar-refractivity contribution >= 4 is 5.78 Å². The van der Waals surface area contributed by atoms with Crippen LogP contribution in [0.3, 0.4) is 0 Å². The molecule has 0 amide bonds. The molecule has 3 nitrogen and oxygen atoms in total. The molecular formula is C15H29NO2. The number of ketones is 1. The van der Waals surface area contributed by atoms with Gasteiger partial charge in [-0.1, -0.05) is 51.9 Å². The predicted octanol–water partition coefficient (Wildman–Crippen LogP) is 3.20. The van der Waals surface area contributed by atoms with E-state index in [9.17, 15) is 4.79 Å². The summed E-state index contributed by atoms with van der Waals surface area (Å²) in [4.78, 5) is 11.9. The summed E-state index contributed by atoms with van der Waals surface area (Å²) in [6.45, 7) is 3.30. The van der Waals surface area contributed by atoms with Gasteiger partial charge < -0.3 is 10.5 Å². The van der Waals surface area contributed by atoms with Crippen LogP contribution in [-0.2, 0) is 9.53 Å². The van der Waals surface area contributed by atoms with Crippen molar-refractivity contribution < 1.29 is 9.53 Å². The topological polar surface area (TPSA) is 52.3 Å². The third kappa shape index (κ3) is 5.49. The summed E-state index contributed by atoms with van der Waals surface area (Å²) in [6, 6.07) is 0. The van der Waals surface area contributed by atoms with E-state index in [2.05, 4.69) is 6.92 Å². The Morgan fingerprint density at radius 1 is 1.11 bits per heavy atom. The van der Waals surface area contributed by atoms with E-state index < -0.39 is 5.54 Å². The molecule has 0 aromatic carbocycles. The van der Waals surface area contributed by atoms with E-state index in [1.54, 1.807) is 0 Å². The molecule has 2 N–H and O–H groups in total. The van der Waals surface area contributed by atoms with E-state index in [0.717, 1.165) is 12.8 Å². The van der Waals surface area contributed by atoms with Crippen molar-refractivity contribution in [3.63, 3.8) is 0 Å². The number of hydrogen-bond acceptors (Lipinski definition) is 3. The van der Waals surface area contributed by atoms with Crippen molar-refractivity contribution in [1.29, 1.82) is 0 Å². The molecular weight excluding hydrogens is 226 g/mol. The van der Waals surface area contributed by atoms with E-state index in [1.165, 1.54) is 38.5 Å². The molecule has 106 valence electrons. The maximum atomic E-state index is 11.9. The number of carbonyl (C=O) groups excluding carboxylic acids is 1. The van der Waals surface area contributed by atoms with Gasteiger partial charge in [-0.15, -0.1) is 0 Å². The molecule has 3 heteroatoms. The molecule has 1 atom stereocenters. The Morgan fingerprint density at radius 2 is 1.72 bits per heavy atom. The molecule has 0 aromatic rings. The van der Waals surface area contributed by atoms with Crippen molar-refractivity contribution in [3.05, 3.63) is 0 Å². The second-order valence-electron chi connectivity index (χ2n) is 5.61. The van der Waals surface area contributed by atoms with Gasteiger partial charge >= 0.3 is 0 Å². The molecule has 0 bridgehead atoms. The molecule has 1 aliphatic rings. The molecule has 0 radical (unpaired) electrons. The molecule has 1 unspecified atom stereocenters. The first-order valence-electron chi connectivity index (χ1n) is 7.59. The van der Waals surface area contributed by atoms with Gasteiger partial charge in [-0.3, -0.25) is 4.79 Å². The average molecular weight is 255 g/mol. The zero-order valence-electron chi connectivity index (χ0n) is 11.9. The van der Waals surface area contributed by atoms with Crippen LogP contribution in [0.4, 0.5) is 0 Å². The van der Waals surface area contributed by atoms with Gasteiger partial charge in [0.05, 0.1) is 6.61 Å². The summed E-state index contributed by atoms with van der Waals surface area (Å²) in [7, 11) is 0. The lowest BCUT2D eigenvalue weighted by Gasteiger charge is -2.19. The number of carbonyl (C=O) groups is 1. The highest BCUT2D eigenvalue weighted by Gasteiger charge is 2.36. The fraction of sp³-hybridized carbons (Fsp3) is 0.933. The highest BCUT2D eigenvalue weighted by atomic mass is 16.5. The maximum Gasteiger partial charge on any atom is 0.155 e. The van der Waals surface area contributed by atoms with E-state index in [0.29, 0.717) is 26.1 Å². The van der Waals surface area contributed by atoms with E-state index in [1.807, 2.05) is 0 Å². The lowest BCUT2D eigenvalue weighted by molar-refractivity contribution is -0.124. The van der Waals surface area contributed by atoms with Crippen LogP contribution in [0.25, 0.3) is 0 Å². The number of hydrogen-bond donors (Lipinski definition) is 1. The van der Waals surface area contributed by atoms with Crippen LogP contribution >= 0.6 is 0 Å². The Kier molecular flexibility index (Phi) is 7.52. The second kappa shape index (κ2) is 8.65. The molecule has 0 aliphatic carbocycles. The Bertz CT molecular complexity index is 235. The van der Waals surface area contributed by atoms with E-state index >= 15 is 0 Å². The summed E-state index contributed by atoms with van der Waals surface area (Å²) in [6.07, 6.45) is 11.4. The number of Topliss-reactive ketones (excluding diaryl/α,β-unsaturated/α-hetero) is 1. The molecule has 0 saturated carbocycles. The van der Waals surface area contributed by atoms with Gasteiger partial charge in [-0.25, -0.2) is 0 Å². The van der Waals surface area contributed by atoms with Gasteiger partial charge in [-0.2, -0.15) is 0 Å². The lowest BCUT2D eigenvalue weighted by Crippen LogP contribution is -2.48. The second-order valence-corrected chi connectivity index (χ2v) is 5.61. The third-order valence-electron chi connectivity index (χ3n) is 3.86. The number of ether oxygens (including phenoxy) is 1. The largest absolute Gasteiger partial charge is 0.379 e. The van der Waals surface area contributed by atoms with E-state index in [-0.39, 0.29) is 5.78 Å². The fourth-order valence-corrected chi connectivity index (χ4v) is 2.47. The van der Waals surface area contributed by atoms with Crippen LogP contribution in [0, 0.1) is 0 Å². The number of rotatable bonds is 10. The van der Waals surface area contributed by atoms with Crippen LogP contribution in [0.15, 0.2) is 0 Å². The molecule has 0 aromatic heterocycles. The van der Waals surface area contributed by atoms with Gasteiger partial charge in [0.2, 0.25) is 0 Å². The van der Waals surface area contributed by atoms with Crippen molar-refractivity contribution in [2.75, 3.05) is 13.2 Å². The average Bonchev–Trinajstić information content (AvgIpc) is 2.81. The summed E-state index contributed by atoms with van der Waals surface area (Å²) in [5.41, 5.74) is 5.36. The molecule has 1 saturated heterocycles. The van der Waals surface area contributed by atoms with Crippen molar-refractivity contribution in [3.8, 4) is 0 Å². The highest BCUT2D eigenvalue weighted by Crippen LogP contribution is 2.20. The molecule has 1 heterocycles. The summed E-state index contributed by atoms with van der Waals surface area (Å²) in [5.74, 6) is 0.200. The Labute approximate surface area is 111 Å². The van der Waals surface area contributed by atoms with Crippen LogP contribution in [0.1, 0.15) is 71.1 Å². The fourth-order valence-electron chi connectivity index (χ4n) is 2.47. The van der Waals surface area contributed by atoms with Gasteiger partial charge in [0.1, 0.15) is 5.54 Å². The molecule has 1 aliphatic heterocycles. The normalized spacial score (nSPS) is 23.4. The minimum absolute atomic E-state index is 0.200. The van der Waals surface area contributed by atoms with Crippen LogP contribution in [-0.4, -0.2) is 24.5 Å². The van der Waals surface area contributed by atoms with Crippen LogP contribution < -0.4 is 5.73 Å².